The molecule has 0 saturated carbocycles. The summed E-state index contributed by atoms with van der Waals surface area (Å²) >= 11 is 1.92. The average molecular weight is 479 g/mol. The lowest BCUT2D eigenvalue weighted by atomic mass is 10.1. The van der Waals surface area contributed by atoms with Gasteiger partial charge in [0.15, 0.2) is 0 Å². The second kappa shape index (κ2) is 7.37. The molecular weight excluding hydrogens is 465 g/mol. The maximum atomic E-state index is 13.2. The average Bonchev–Trinajstić information content (AvgIpc) is 2.61. The van der Waals surface area contributed by atoms with Crippen molar-refractivity contribution in [3.05, 3.63) is 57.0 Å². The van der Waals surface area contributed by atoms with E-state index in [2.05, 4.69) is 4.98 Å². The molecule has 2 aromatic rings. The molecule has 1 aromatic heterocycles. The molecule has 9 heteroatoms. The number of aromatic nitrogens is 1. The molecule has 1 saturated heterocycles. The molecule has 0 radical (unpaired) electrons. The molecule has 0 aliphatic carbocycles. The fourth-order valence-corrected chi connectivity index (χ4v) is 3.42. The first-order valence-corrected chi connectivity index (χ1v) is 8.86. The van der Waals surface area contributed by atoms with Gasteiger partial charge in [-0.1, -0.05) is 0 Å². The second-order valence-corrected chi connectivity index (χ2v) is 6.97. The smallest absolute Gasteiger partial charge is 0.353 e. The van der Waals surface area contributed by atoms with Gasteiger partial charge in [0, 0.05) is 35.9 Å². The van der Waals surface area contributed by atoms with Crippen LogP contribution in [0.3, 0.4) is 0 Å². The highest BCUT2D eigenvalue weighted by molar-refractivity contribution is 14.1. The van der Waals surface area contributed by atoms with Crippen molar-refractivity contribution in [2.24, 2.45) is 0 Å². The van der Waals surface area contributed by atoms with Gasteiger partial charge >= 0.3 is 6.18 Å². The number of nitrogens with zero attached hydrogens (tertiary/aromatic N) is 3. The summed E-state index contributed by atoms with van der Waals surface area (Å²) in [6.07, 6.45) is -3.60. The van der Waals surface area contributed by atoms with Gasteiger partial charge in [-0.05, 0) is 52.9 Å². The summed E-state index contributed by atoms with van der Waals surface area (Å²) < 4.78 is 51.5. The number of carbonyl (C=O) groups excluding carboxylic acids is 1. The zero-order chi connectivity index (χ0) is 18.9. The van der Waals surface area contributed by atoms with Gasteiger partial charge in [0.1, 0.15) is 11.6 Å². The van der Waals surface area contributed by atoms with E-state index < -0.39 is 17.6 Å². The maximum Gasteiger partial charge on any atom is 0.417 e. The Bertz CT molecular complexity index is 803. The fraction of sp³-hybridized carbons (Fsp3) is 0.294. The summed E-state index contributed by atoms with van der Waals surface area (Å²) in [4.78, 5) is 19.9. The number of amides is 1. The van der Waals surface area contributed by atoms with Gasteiger partial charge in [0.05, 0.1) is 11.1 Å². The van der Waals surface area contributed by atoms with E-state index in [9.17, 15) is 22.4 Å². The number of hydrogen-bond donors (Lipinski definition) is 0. The quantitative estimate of drug-likeness (QED) is 0.486. The number of hydrogen-bond acceptors (Lipinski definition) is 3. The monoisotopic (exact) mass is 479 g/mol. The molecule has 1 aromatic carbocycles. The first kappa shape index (κ1) is 18.9. The molecule has 1 aliphatic heterocycles. The Morgan fingerprint density at radius 3 is 2.31 bits per heavy atom. The highest BCUT2D eigenvalue weighted by Gasteiger charge is 2.31. The Hall–Kier alpha value is -1.91. The normalized spacial score (nSPS) is 15.3. The molecule has 1 aliphatic rings. The number of pyridine rings is 1. The van der Waals surface area contributed by atoms with Crippen LogP contribution in [0.1, 0.15) is 15.9 Å². The van der Waals surface area contributed by atoms with E-state index in [1.807, 2.05) is 27.5 Å². The minimum absolute atomic E-state index is 0.186. The second-order valence-electron chi connectivity index (χ2n) is 5.81. The third-order valence-electron chi connectivity index (χ3n) is 4.13. The number of piperazine rings is 1. The molecule has 1 fully saturated rings. The van der Waals surface area contributed by atoms with Crippen LogP contribution in [0.25, 0.3) is 0 Å². The van der Waals surface area contributed by atoms with Crippen molar-refractivity contribution in [2.75, 3.05) is 31.1 Å². The molecule has 0 N–H and O–H groups in total. The number of halogens is 5. The van der Waals surface area contributed by atoms with Gasteiger partial charge in [-0.25, -0.2) is 9.37 Å². The van der Waals surface area contributed by atoms with E-state index in [1.165, 1.54) is 24.3 Å². The molecule has 4 nitrogen and oxygen atoms in total. The maximum absolute atomic E-state index is 13.2. The topological polar surface area (TPSA) is 36.4 Å². The van der Waals surface area contributed by atoms with Crippen molar-refractivity contribution >= 4 is 34.3 Å². The van der Waals surface area contributed by atoms with E-state index in [0.717, 1.165) is 12.3 Å². The van der Waals surface area contributed by atoms with Gasteiger partial charge in [-0.3, -0.25) is 4.79 Å². The SMILES string of the molecule is O=C(c1ccc(F)cc1I)N1CCN(c2ccc(C(F)(F)F)cn2)CC1. The zero-order valence-corrected chi connectivity index (χ0v) is 15.6. The van der Waals surface area contributed by atoms with E-state index in [-0.39, 0.29) is 5.91 Å². The molecule has 138 valence electrons. The standard InChI is InChI=1S/C17H14F4IN3O/c18-12-2-3-13(14(22)9-12)16(26)25-7-5-24(6-8-25)15-4-1-11(10-23-15)17(19,20)21/h1-4,9-10H,5-8H2. The summed E-state index contributed by atoms with van der Waals surface area (Å²) in [5.41, 5.74) is -0.353. The number of benzene rings is 1. The van der Waals surface area contributed by atoms with Crippen LogP contribution in [0.15, 0.2) is 36.5 Å². The van der Waals surface area contributed by atoms with Crippen LogP contribution in [0, 0.1) is 9.39 Å². The lowest BCUT2D eigenvalue weighted by Gasteiger charge is -2.35. The van der Waals surface area contributed by atoms with Crippen LogP contribution in [0.2, 0.25) is 0 Å². The van der Waals surface area contributed by atoms with Crippen LogP contribution in [-0.2, 0) is 6.18 Å². The number of carbonyl (C=O) groups is 1. The zero-order valence-electron chi connectivity index (χ0n) is 13.4. The Balaban J connectivity index is 1.64. The summed E-state index contributed by atoms with van der Waals surface area (Å²) in [5.74, 6) is -0.139. The van der Waals surface area contributed by atoms with Crippen LogP contribution >= 0.6 is 22.6 Å². The third kappa shape index (κ3) is 4.08. The van der Waals surface area contributed by atoms with Crippen LogP contribution in [0.5, 0.6) is 0 Å². The van der Waals surface area contributed by atoms with Crippen LogP contribution in [-0.4, -0.2) is 42.0 Å². The Labute approximate surface area is 160 Å². The molecule has 0 atom stereocenters. The summed E-state index contributed by atoms with van der Waals surface area (Å²) in [5, 5.41) is 0. The van der Waals surface area contributed by atoms with E-state index >= 15 is 0 Å². The molecule has 2 heterocycles. The van der Waals surface area contributed by atoms with E-state index in [0.29, 0.717) is 41.1 Å². The van der Waals surface area contributed by atoms with Crippen molar-refractivity contribution in [3.63, 3.8) is 0 Å². The minimum Gasteiger partial charge on any atom is -0.353 e. The highest BCUT2D eigenvalue weighted by Crippen LogP contribution is 2.29. The molecule has 3 rings (SSSR count). The molecule has 26 heavy (non-hydrogen) atoms. The predicted molar refractivity (Wildman–Crippen MR) is 96.5 cm³/mol. The van der Waals surface area contributed by atoms with E-state index in [4.69, 9.17) is 0 Å². The third-order valence-corrected chi connectivity index (χ3v) is 5.02. The molecule has 0 unspecified atom stereocenters. The van der Waals surface area contributed by atoms with Crippen molar-refractivity contribution in [2.45, 2.75) is 6.18 Å². The van der Waals surface area contributed by atoms with Crippen molar-refractivity contribution in [1.29, 1.82) is 0 Å². The van der Waals surface area contributed by atoms with Crippen LogP contribution < -0.4 is 4.90 Å². The Kier molecular flexibility index (Phi) is 5.35. The summed E-state index contributed by atoms with van der Waals surface area (Å²) in [7, 11) is 0. The van der Waals surface area contributed by atoms with Gasteiger partial charge in [-0.15, -0.1) is 0 Å². The lowest BCUT2D eigenvalue weighted by Crippen LogP contribution is -2.49. The van der Waals surface area contributed by atoms with Crippen LogP contribution in [0.4, 0.5) is 23.4 Å². The number of rotatable bonds is 2. The van der Waals surface area contributed by atoms with Crippen molar-refractivity contribution in [1.82, 2.24) is 9.88 Å². The number of alkyl halides is 3. The van der Waals surface area contributed by atoms with Crippen molar-refractivity contribution < 1.29 is 22.4 Å². The highest BCUT2D eigenvalue weighted by atomic mass is 127. The lowest BCUT2D eigenvalue weighted by molar-refractivity contribution is -0.137. The first-order chi connectivity index (χ1) is 12.3. The first-order valence-electron chi connectivity index (χ1n) is 7.78. The molecular formula is C17H14F4IN3O. The fourth-order valence-electron chi connectivity index (χ4n) is 2.71. The van der Waals surface area contributed by atoms with Gasteiger partial charge in [0.2, 0.25) is 0 Å². The Morgan fingerprint density at radius 2 is 1.77 bits per heavy atom. The van der Waals surface area contributed by atoms with Gasteiger partial charge < -0.3 is 9.80 Å². The summed E-state index contributed by atoms with van der Waals surface area (Å²) in [6, 6.07) is 6.35. The molecule has 1 amide bonds. The molecule has 0 spiro atoms. The van der Waals surface area contributed by atoms with Gasteiger partial charge in [0.25, 0.3) is 5.91 Å². The summed E-state index contributed by atoms with van der Waals surface area (Å²) in [6.45, 7) is 1.74. The largest absolute Gasteiger partial charge is 0.417 e. The molecule has 0 bridgehead atoms. The predicted octanol–water partition coefficient (Wildman–Crippen LogP) is 3.81. The minimum atomic E-state index is -4.41. The van der Waals surface area contributed by atoms with Gasteiger partial charge in [-0.2, -0.15) is 13.2 Å². The Morgan fingerprint density at radius 1 is 1.08 bits per heavy atom. The van der Waals surface area contributed by atoms with Crippen molar-refractivity contribution in [3.8, 4) is 0 Å². The van der Waals surface area contributed by atoms with E-state index in [1.54, 1.807) is 4.90 Å². The number of anilines is 1.